The van der Waals surface area contributed by atoms with Crippen molar-refractivity contribution in [3.8, 4) is 0 Å². The zero-order valence-corrected chi connectivity index (χ0v) is 16.9. The first kappa shape index (κ1) is 17.6. The van der Waals surface area contributed by atoms with Gasteiger partial charge in [-0.2, -0.15) is 0 Å². The molecule has 2 fully saturated rings. The molecule has 28 heavy (non-hydrogen) atoms. The zero-order chi connectivity index (χ0) is 19.5. The molecule has 144 valence electrons. The molecule has 2 aromatic carbocycles. The van der Waals surface area contributed by atoms with Gasteiger partial charge >= 0.3 is 0 Å². The lowest BCUT2D eigenvalue weighted by atomic mass is 10.1. The molecule has 0 saturated carbocycles. The number of para-hydroxylation sites is 1. The second-order valence-electron chi connectivity index (χ2n) is 7.75. The van der Waals surface area contributed by atoms with Crippen LogP contribution in [0.15, 0.2) is 42.5 Å². The van der Waals surface area contributed by atoms with Gasteiger partial charge in [0.05, 0.1) is 4.87 Å². The number of fused-ring (bicyclic) bond motifs is 4. The Balaban J connectivity index is 1.48. The molecule has 6 heteroatoms. The molecule has 0 radical (unpaired) electrons. The van der Waals surface area contributed by atoms with E-state index in [0.29, 0.717) is 12.2 Å². The van der Waals surface area contributed by atoms with E-state index in [1.54, 1.807) is 16.7 Å². The van der Waals surface area contributed by atoms with Gasteiger partial charge in [-0.1, -0.05) is 18.2 Å². The number of nitrogens with zero attached hydrogens (tertiary/aromatic N) is 2. The molecule has 5 nitrogen and oxygen atoms in total. The fourth-order valence-corrected chi connectivity index (χ4v) is 6.14. The van der Waals surface area contributed by atoms with E-state index in [1.807, 2.05) is 12.1 Å². The molecule has 2 saturated heterocycles. The van der Waals surface area contributed by atoms with Gasteiger partial charge in [-0.05, 0) is 44.5 Å². The zero-order valence-electron chi connectivity index (χ0n) is 16.1. The monoisotopic (exact) mass is 393 g/mol. The van der Waals surface area contributed by atoms with Crippen molar-refractivity contribution < 1.29 is 9.59 Å². The molecule has 1 N–H and O–H groups in total. The number of carbonyl (C=O) groups is 2. The Kier molecular flexibility index (Phi) is 3.95. The number of rotatable bonds is 3. The van der Waals surface area contributed by atoms with Crippen LogP contribution < -0.4 is 5.32 Å². The molecule has 2 atom stereocenters. The van der Waals surface area contributed by atoms with Gasteiger partial charge in [0.1, 0.15) is 6.04 Å². The van der Waals surface area contributed by atoms with Crippen LogP contribution in [0.3, 0.4) is 0 Å². The van der Waals surface area contributed by atoms with Gasteiger partial charge in [-0.25, -0.2) is 0 Å². The molecular weight excluding hydrogens is 370 g/mol. The number of thioether (sulfide) groups is 1. The fraction of sp³-hybridized carbons (Fsp3) is 0.364. The van der Waals surface area contributed by atoms with Crippen LogP contribution in [0.1, 0.15) is 26.7 Å². The molecule has 2 unspecified atom stereocenters. The first-order valence-corrected chi connectivity index (χ1v) is 10.8. The molecule has 5 rings (SSSR count). The number of hydrogen-bond acceptors (Lipinski definition) is 3. The van der Waals surface area contributed by atoms with E-state index < -0.39 is 6.04 Å². The Labute approximate surface area is 168 Å². The van der Waals surface area contributed by atoms with Gasteiger partial charge in [-0.3, -0.25) is 9.59 Å². The Morgan fingerprint density at radius 1 is 1.21 bits per heavy atom. The number of aromatic nitrogens is 1. The summed E-state index contributed by atoms with van der Waals surface area (Å²) in [4.78, 5) is 26.9. The average Bonchev–Trinajstić information content (AvgIpc) is 3.30. The smallest absolute Gasteiger partial charge is 0.248 e. The number of benzene rings is 2. The van der Waals surface area contributed by atoms with Crippen LogP contribution in [0.5, 0.6) is 0 Å². The largest absolute Gasteiger partial charge is 0.341 e. The molecule has 2 aliphatic rings. The predicted molar refractivity (Wildman–Crippen MR) is 114 cm³/mol. The van der Waals surface area contributed by atoms with E-state index in [2.05, 4.69) is 54.1 Å². The minimum Gasteiger partial charge on any atom is -0.341 e. The second-order valence-corrected chi connectivity index (χ2v) is 9.25. The summed E-state index contributed by atoms with van der Waals surface area (Å²) in [6.45, 7) is 5.11. The molecular formula is C22H23N3O2S. The van der Waals surface area contributed by atoms with Gasteiger partial charge in [0.25, 0.3) is 0 Å². The summed E-state index contributed by atoms with van der Waals surface area (Å²) in [5, 5.41) is 5.39. The van der Waals surface area contributed by atoms with Crippen LogP contribution in [0.2, 0.25) is 0 Å². The van der Waals surface area contributed by atoms with Crippen molar-refractivity contribution in [2.75, 3.05) is 11.1 Å². The third kappa shape index (κ3) is 2.47. The molecule has 3 heterocycles. The van der Waals surface area contributed by atoms with Crippen molar-refractivity contribution in [1.82, 2.24) is 9.47 Å². The van der Waals surface area contributed by atoms with E-state index in [4.69, 9.17) is 0 Å². The molecule has 2 aliphatic heterocycles. The summed E-state index contributed by atoms with van der Waals surface area (Å²) in [5.74, 6) is 0.657. The van der Waals surface area contributed by atoms with E-state index in [9.17, 15) is 9.59 Å². The highest BCUT2D eigenvalue weighted by Crippen LogP contribution is 2.47. The molecule has 3 aromatic rings. The van der Waals surface area contributed by atoms with Crippen LogP contribution in [0.25, 0.3) is 21.8 Å². The topological polar surface area (TPSA) is 54.3 Å². The SMILES string of the molecule is CCn1c2ccccc2c2cc(NC(=O)C3CSC4(C)CCC(=O)N34)ccc21. The van der Waals surface area contributed by atoms with Crippen LogP contribution in [-0.2, 0) is 16.1 Å². The normalized spacial score (nSPS) is 24.3. The lowest BCUT2D eigenvalue weighted by Crippen LogP contribution is -2.48. The Hall–Kier alpha value is -2.47. The summed E-state index contributed by atoms with van der Waals surface area (Å²) in [6, 6.07) is 14.0. The average molecular weight is 394 g/mol. The van der Waals surface area contributed by atoms with Crippen LogP contribution in [-0.4, -0.2) is 37.9 Å². The first-order valence-electron chi connectivity index (χ1n) is 9.80. The minimum absolute atomic E-state index is 0.0918. The van der Waals surface area contributed by atoms with Gasteiger partial charge in [0, 0.05) is 46.2 Å². The van der Waals surface area contributed by atoms with Crippen molar-refractivity contribution in [3.63, 3.8) is 0 Å². The number of nitrogens with one attached hydrogen (secondary N) is 1. The number of anilines is 1. The lowest BCUT2D eigenvalue weighted by molar-refractivity contribution is -0.135. The third-order valence-electron chi connectivity index (χ3n) is 6.10. The summed E-state index contributed by atoms with van der Waals surface area (Å²) in [5.41, 5.74) is 3.15. The molecule has 1 aromatic heterocycles. The highest BCUT2D eigenvalue weighted by molar-refractivity contribution is 8.01. The molecule has 0 spiro atoms. The molecule has 0 aliphatic carbocycles. The predicted octanol–water partition coefficient (Wildman–Crippen LogP) is 4.21. The van der Waals surface area contributed by atoms with Crippen molar-refractivity contribution >= 4 is 51.1 Å². The highest BCUT2D eigenvalue weighted by atomic mass is 32.2. The van der Waals surface area contributed by atoms with E-state index >= 15 is 0 Å². The van der Waals surface area contributed by atoms with Crippen molar-refractivity contribution in [3.05, 3.63) is 42.5 Å². The Bertz CT molecular complexity index is 1120. The minimum atomic E-state index is -0.391. The Morgan fingerprint density at radius 2 is 2.00 bits per heavy atom. The summed E-state index contributed by atoms with van der Waals surface area (Å²) >= 11 is 1.72. The Morgan fingerprint density at radius 3 is 2.82 bits per heavy atom. The second kappa shape index (κ2) is 6.27. The van der Waals surface area contributed by atoms with Crippen molar-refractivity contribution in [1.29, 1.82) is 0 Å². The van der Waals surface area contributed by atoms with Gasteiger partial charge in [-0.15, -0.1) is 11.8 Å². The maximum Gasteiger partial charge on any atom is 0.248 e. The van der Waals surface area contributed by atoms with E-state index in [0.717, 1.165) is 24.0 Å². The maximum absolute atomic E-state index is 13.0. The molecule has 0 bridgehead atoms. The van der Waals surface area contributed by atoms with Crippen molar-refractivity contribution in [2.45, 2.75) is 44.1 Å². The number of aryl methyl sites for hydroxylation is 1. The summed E-state index contributed by atoms with van der Waals surface area (Å²) in [7, 11) is 0. The lowest BCUT2D eigenvalue weighted by Gasteiger charge is -2.29. The fourth-order valence-electron chi connectivity index (χ4n) is 4.71. The number of amides is 2. The summed E-state index contributed by atoms with van der Waals surface area (Å²) < 4.78 is 2.29. The van der Waals surface area contributed by atoms with Crippen LogP contribution in [0, 0.1) is 0 Å². The quantitative estimate of drug-likeness (QED) is 0.725. The van der Waals surface area contributed by atoms with Gasteiger partial charge < -0.3 is 14.8 Å². The van der Waals surface area contributed by atoms with Gasteiger partial charge in [0.2, 0.25) is 11.8 Å². The van der Waals surface area contributed by atoms with Crippen LogP contribution >= 0.6 is 11.8 Å². The van der Waals surface area contributed by atoms with Gasteiger partial charge in [0.15, 0.2) is 0 Å². The van der Waals surface area contributed by atoms with E-state index in [-0.39, 0.29) is 16.7 Å². The maximum atomic E-state index is 13.0. The first-order chi connectivity index (χ1) is 13.5. The standard InChI is InChI=1S/C22H23N3O2S/c1-3-24-17-7-5-4-6-15(17)16-12-14(8-9-18(16)24)23-21(27)19-13-28-22(2)11-10-20(26)25(19)22/h4-9,12,19H,3,10-11,13H2,1-2H3,(H,23,27). The summed E-state index contributed by atoms with van der Waals surface area (Å²) in [6.07, 6.45) is 1.36. The third-order valence-corrected chi connectivity index (χ3v) is 7.61. The van der Waals surface area contributed by atoms with E-state index in [1.165, 1.54) is 16.4 Å². The number of hydrogen-bond donors (Lipinski definition) is 1. The van der Waals surface area contributed by atoms with Crippen molar-refractivity contribution in [2.24, 2.45) is 0 Å². The number of carbonyl (C=O) groups excluding carboxylic acids is 2. The molecule has 2 amide bonds. The van der Waals surface area contributed by atoms with Crippen LogP contribution in [0.4, 0.5) is 5.69 Å². The highest BCUT2D eigenvalue weighted by Gasteiger charge is 2.52.